The largest absolute Gasteiger partial charge is 0.240 e. The van der Waals surface area contributed by atoms with Crippen molar-refractivity contribution < 1.29 is 0 Å². The molecular weight excluding hydrogens is 136 g/mol. The summed E-state index contributed by atoms with van der Waals surface area (Å²) in [6.45, 7) is 2.22. The number of hydrogen-bond acceptors (Lipinski definition) is 2. The first-order chi connectivity index (χ1) is 5.43. The van der Waals surface area contributed by atoms with Crippen molar-refractivity contribution in [2.45, 2.75) is 39.0 Å². The topological polar surface area (TPSA) is 24.7 Å². The molecule has 0 aromatic rings. The first kappa shape index (κ1) is 8.31. The molecule has 0 spiro atoms. The molecule has 0 amide bonds. The summed E-state index contributed by atoms with van der Waals surface area (Å²) in [5, 5.41) is 0. The Morgan fingerprint density at radius 3 is 2.45 bits per heavy atom. The van der Waals surface area contributed by atoms with Crippen LogP contribution in [0.2, 0.25) is 0 Å². The molecule has 1 heterocycles. The van der Waals surface area contributed by atoms with Crippen molar-refractivity contribution in [2.24, 2.45) is 9.98 Å². The minimum absolute atomic E-state index is 1.00. The van der Waals surface area contributed by atoms with Gasteiger partial charge in [0.2, 0.25) is 6.17 Å². The van der Waals surface area contributed by atoms with Crippen molar-refractivity contribution in [1.29, 1.82) is 0 Å². The molecule has 1 rings (SSSR count). The van der Waals surface area contributed by atoms with E-state index in [9.17, 15) is 0 Å². The van der Waals surface area contributed by atoms with Gasteiger partial charge in [0, 0.05) is 0 Å². The van der Waals surface area contributed by atoms with E-state index in [0.29, 0.717) is 0 Å². The Bertz CT molecular complexity index is 138. The lowest BCUT2D eigenvalue weighted by atomic mass is 10.1. The van der Waals surface area contributed by atoms with Gasteiger partial charge in [-0.1, -0.05) is 36.2 Å². The Kier molecular flexibility index (Phi) is 3.73. The highest BCUT2D eigenvalue weighted by molar-refractivity contribution is 6.18. The van der Waals surface area contributed by atoms with Gasteiger partial charge in [0.05, 0.1) is 6.42 Å². The zero-order chi connectivity index (χ0) is 7.94. The van der Waals surface area contributed by atoms with Gasteiger partial charge in [0.1, 0.15) is 0 Å². The van der Waals surface area contributed by atoms with E-state index in [1.807, 2.05) is 0 Å². The van der Waals surface area contributed by atoms with E-state index in [0.717, 1.165) is 12.6 Å². The Balaban J connectivity index is 1.95. The van der Waals surface area contributed by atoms with Crippen LogP contribution < -0.4 is 0 Å². The fourth-order valence-electron chi connectivity index (χ4n) is 1.11. The first-order valence-electron chi connectivity index (χ1n) is 4.36. The summed E-state index contributed by atoms with van der Waals surface area (Å²) in [5.74, 6) is 0. The van der Waals surface area contributed by atoms with Gasteiger partial charge >= 0.3 is 0 Å². The molecule has 0 saturated heterocycles. The third-order valence-electron chi connectivity index (χ3n) is 1.77. The summed E-state index contributed by atoms with van der Waals surface area (Å²) >= 11 is 0. The number of aliphatic imine (C=N–C) groups is 2. The second-order valence-corrected chi connectivity index (χ2v) is 2.78. The molecule has 0 fully saturated rings. The molecule has 0 unspecified atom stereocenters. The summed E-state index contributed by atoms with van der Waals surface area (Å²) in [7, 11) is 0. The van der Waals surface area contributed by atoms with Gasteiger partial charge in [-0.05, 0) is 6.42 Å². The fraction of sp³-hybridized carbons (Fsp3) is 0.667. The molecule has 0 aromatic carbocycles. The van der Waals surface area contributed by atoms with Gasteiger partial charge in [-0.3, -0.25) is 0 Å². The molecule has 0 aromatic heterocycles. The second-order valence-electron chi connectivity index (χ2n) is 2.78. The summed E-state index contributed by atoms with van der Waals surface area (Å²) in [5.41, 5.74) is 0. The maximum absolute atomic E-state index is 4.10. The fourth-order valence-corrected chi connectivity index (χ4v) is 1.11. The molecule has 1 aliphatic rings. The van der Waals surface area contributed by atoms with Gasteiger partial charge in [-0.25, -0.2) is 0 Å². The van der Waals surface area contributed by atoms with E-state index < -0.39 is 0 Å². The van der Waals surface area contributed by atoms with Crippen LogP contribution in [0.25, 0.3) is 0 Å². The van der Waals surface area contributed by atoms with Crippen LogP contribution in [0, 0.1) is 6.17 Å². The minimum Gasteiger partial charge on any atom is -0.0968 e. The average molecular weight is 151 g/mol. The smallest absolute Gasteiger partial charge is 0.0968 e. The van der Waals surface area contributed by atoms with Gasteiger partial charge < -0.3 is 0 Å². The van der Waals surface area contributed by atoms with Crippen LogP contribution in [0.15, 0.2) is 9.98 Å². The van der Waals surface area contributed by atoms with Crippen LogP contribution in [0.5, 0.6) is 0 Å². The van der Waals surface area contributed by atoms with Crippen LogP contribution in [0.3, 0.4) is 0 Å². The zero-order valence-electron chi connectivity index (χ0n) is 7.08. The quantitative estimate of drug-likeness (QED) is 0.426. The predicted octanol–water partition coefficient (Wildman–Crippen LogP) is 2.60. The standard InChI is InChI=1S/C9H15N2/c1-2-3-4-5-6-9-10-7-8-11-9/h7-8H,2-6H2,1H3/q+1. The summed E-state index contributed by atoms with van der Waals surface area (Å²) in [6.07, 6.45) is 10.7. The van der Waals surface area contributed by atoms with E-state index in [2.05, 4.69) is 16.9 Å². The van der Waals surface area contributed by atoms with Crippen molar-refractivity contribution in [2.75, 3.05) is 0 Å². The Morgan fingerprint density at radius 2 is 1.82 bits per heavy atom. The monoisotopic (exact) mass is 151 g/mol. The highest BCUT2D eigenvalue weighted by Crippen LogP contribution is 2.16. The van der Waals surface area contributed by atoms with Crippen molar-refractivity contribution in [3.8, 4) is 0 Å². The van der Waals surface area contributed by atoms with Crippen molar-refractivity contribution >= 4 is 12.4 Å². The molecule has 11 heavy (non-hydrogen) atoms. The third-order valence-corrected chi connectivity index (χ3v) is 1.77. The molecule has 0 N–H and O–H groups in total. The lowest BCUT2D eigenvalue weighted by Gasteiger charge is -1.95. The van der Waals surface area contributed by atoms with E-state index >= 15 is 0 Å². The molecule has 0 atom stereocenters. The molecule has 60 valence electrons. The zero-order valence-corrected chi connectivity index (χ0v) is 7.08. The van der Waals surface area contributed by atoms with Crippen molar-refractivity contribution in [3.05, 3.63) is 6.17 Å². The van der Waals surface area contributed by atoms with E-state index in [1.54, 1.807) is 12.4 Å². The molecule has 0 bridgehead atoms. The van der Waals surface area contributed by atoms with Crippen LogP contribution in [-0.4, -0.2) is 12.4 Å². The molecule has 2 nitrogen and oxygen atoms in total. The maximum atomic E-state index is 4.10. The number of unbranched alkanes of at least 4 members (excludes halogenated alkanes) is 3. The summed E-state index contributed by atoms with van der Waals surface area (Å²) in [4.78, 5) is 8.21. The van der Waals surface area contributed by atoms with Gasteiger partial charge in [0.15, 0.2) is 12.4 Å². The maximum Gasteiger partial charge on any atom is 0.240 e. The number of hydrogen-bond donors (Lipinski definition) is 0. The molecular formula is C9H15N2+. The van der Waals surface area contributed by atoms with E-state index in [4.69, 9.17) is 0 Å². The minimum atomic E-state index is 1.00. The highest BCUT2D eigenvalue weighted by atomic mass is 15.0. The lowest BCUT2D eigenvalue weighted by molar-refractivity contribution is 0.633. The Hall–Kier alpha value is -0.790. The summed E-state index contributed by atoms with van der Waals surface area (Å²) in [6, 6.07) is 0. The van der Waals surface area contributed by atoms with Crippen LogP contribution in [0.4, 0.5) is 0 Å². The second kappa shape index (κ2) is 4.94. The van der Waals surface area contributed by atoms with Gasteiger partial charge in [-0.15, -0.1) is 0 Å². The van der Waals surface area contributed by atoms with Crippen molar-refractivity contribution in [1.82, 2.24) is 0 Å². The highest BCUT2D eigenvalue weighted by Gasteiger charge is 2.13. The summed E-state index contributed by atoms with van der Waals surface area (Å²) < 4.78 is 0. The molecule has 1 aliphatic heterocycles. The normalized spacial score (nSPS) is 14.8. The van der Waals surface area contributed by atoms with E-state index in [1.165, 1.54) is 25.7 Å². The molecule has 0 saturated carbocycles. The number of nitrogens with zero attached hydrogens (tertiary/aromatic N) is 2. The Labute approximate surface area is 68.4 Å². The molecule has 0 radical (unpaired) electrons. The Morgan fingerprint density at radius 1 is 1.09 bits per heavy atom. The van der Waals surface area contributed by atoms with Crippen LogP contribution in [-0.2, 0) is 0 Å². The van der Waals surface area contributed by atoms with E-state index in [-0.39, 0.29) is 0 Å². The lowest BCUT2D eigenvalue weighted by Crippen LogP contribution is -1.86. The molecule has 2 heteroatoms. The SMILES string of the molecule is CCCCCC[C+]1N=CC=N1. The molecule has 0 aliphatic carbocycles. The van der Waals surface area contributed by atoms with Crippen molar-refractivity contribution in [3.63, 3.8) is 0 Å². The van der Waals surface area contributed by atoms with Gasteiger partial charge in [-0.2, -0.15) is 0 Å². The first-order valence-corrected chi connectivity index (χ1v) is 4.36. The van der Waals surface area contributed by atoms with Gasteiger partial charge in [0.25, 0.3) is 0 Å². The number of rotatable bonds is 5. The third kappa shape index (κ3) is 3.21. The van der Waals surface area contributed by atoms with Crippen LogP contribution in [0.1, 0.15) is 39.0 Å². The predicted molar refractivity (Wildman–Crippen MR) is 49.0 cm³/mol. The van der Waals surface area contributed by atoms with Crippen LogP contribution >= 0.6 is 0 Å². The average Bonchev–Trinajstić information content (AvgIpc) is 2.50.